The Bertz CT molecular complexity index is 700. The van der Waals surface area contributed by atoms with Crippen molar-refractivity contribution in [2.75, 3.05) is 11.9 Å². The monoisotopic (exact) mass is 351 g/mol. The number of aromatic nitrogens is 1. The average molecular weight is 351 g/mol. The highest BCUT2D eigenvalue weighted by atomic mass is 32.1. The summed E-state index contributed by atoms with van der Waals surface area (Å²) in [6.07, 6.45) is 0.662. The molecule has 0 fully saturated rings. The van der Waals surface area contributed by atoms with Crippen molar-refractivity contribution in [1.29, 1.82) is 0 Å². The van der Waals surface area contributed by atoms with Crippen molar-refractivity contribution in [3.63, 3.8) is 0 Å². The lowest BCUT2D eigenvalue weighted by Gasteiger charge is -2.06. The lowest BCUT2D eigenvalue weighted by Crippen LogP contribution is -2.08. The Hall–Kier alpha value is -2.48. The largest absolute Gasteiger partial charge is 0.461 e. The number of carbonyl (C=O) groups is 1. The number of benzene rings is 1. The Balaban J connectivity index is 0.00000139. The standard InChI is InChI=1S/C14H15N3O4S.C2H6/c1-3-11-16-12(14(18)21-4-2)13(22-11)15-9-7-5-6-8-10(9)17(19)20;1-2/h5-8,15H,3-4H2,1-2H3;1-2H3. The van der Waals surface area contributed by atoms with Crippen LogP contribution in [0.4, 0.5) is 16.4 Å². The summed E-state index contributed by atoms with van der Waals surface area (Å²) in [5, 5.41) is 15.2. The Labute approximate surface area is 144 Å². The number of aryl methyl sites for hydroxylation is 1. The summed E-state index contributed by atoms with van der Waals surface area (Å²) >= 11 is 1.28. The number of anilines is 2. The van der Waals surface area contributed by atoms with Crippen molar-refractivity contribution < 1.29 is 14.5 Å². The second kappa shape index (κ2) is 9.61. The molecule has 1 aromatic heterocycles. The third-order valence-electron chi connectivity index (χ3n) is 2.79. The molecule has 0 aliphatic rings. The highest BCUT2D eigenvalue weighted by molar-refractivity contribution is 7.16. The van der Waals surface area contributed by atoms with Crippen LogP contribution < -0.4 is 5.32 Å². The van der Waals surface area contributed by atoms with Gasteiger partial charge in [0.05, 0.1) is 16.5 Å². The van der Waals surface area contributed by atoms with Gasteiger partial charge < -0.3 is 10.1 Å². The Morgan fingerprint density at radius 2 is 2.00 bits per heavy atom. The van der Waals surface area contributed by atoms with E-state index in [4.69, 9.17) is 4.74 Å². The highest BCUT2D eigenvalue weighted by Gasteiger charge is 2.21. The fourth-order valence-electron chi connectivity index (χ4n) is 1.80. The molecule has 0 aliphatic heterocycles. The molecule has 1 N–H and O–H groups in total. The van der Waals surface area contributed by atoms with Gasteiger partial charge in [-0.15, -0.1) is 11.3 Å². The van der Waals surface area contributed by atoms with Crippen molar-refractivity contribution in [2.45, 2.75) is 34.1 Å². The molecular weight excluding hydrogens is 330 g/mol. The molecular formula is C16H21N3O4S. The van der Waals surface area contributed by atoms with E-state index in [0.717, 1.165) is 5.01 Å². The van der Waals surface area contributed by atoms with Crippen LogP contribution in [-0.4, -0.2) is 22.5 Å². The SMILES string of the molecule is CC.CCOC(=O)c1nc(CC)sc1Nc1ccccc1[N+](=O)[O-]. The number of nitrogens with zero attached hydrogens (tertiary/aromatic N) is 2. The van der Waals surface area contributed by atoms with Gasteiger partial charge in [-0.1, -0.05) is 32.9 Å². The number of hydrogen-bond donors (Lipinski definition) is 1. The van der Waals surface area contributed by atoms with Gasteiger partial charge >= 0.3 is 5.97 Å². The molecule has 8 heteroatoms. The molecule has 24 heavy (non-hydrogen) atoms. The number of hydrogen-bond acceptors (Lipinski definition) is 7. The number of rotatable bonds is 6. The number of esters is 1. The molecule has 0 radical (unpaired) electrons. The van der Waals surface area contributed by atoms with E-state index in [9.17, 15) is 14.9 Å². The van der Waals surface area contributed by atoms with E-state index in [2.05, 4.69) is 10.3 Å². The minimum atomic E-state index is -0.542. The molecule has 2 aromatic rings. The molecule has 0 amide bonds. The van der Waals surface area contributed by atoms with Crippen LogP contribution in [-0.2, 0) is 11.2 Å². The number of nitrogens with one attached hydrogen (secondary N) is 1. The van der Waals surface area contributed by atoms with Crippen molar-refractivity contribution in [1.82, 2.24) is 4.98 Å². The molecule has 7 nitrogen and oxygen atoms in total. The first-order chi connectivity index (χ1) is 11.6. The van der Waals surface area contributed by atoms with E-state index in [1.807, 2.05) is 20.8 Å². The number of para-hydroxylation sites is 2. The zero-order chi connectivity index (χ0) is 18.1. The molecule has 2 rings (SSSR count). The van der Waals surface area contributed by atoms with Gasteiger partial charge in [0.2, 0.25) is 0 Å². The van der Waals surface area contributed by atoms with E-state index >= 15 is 0 Å². The van der Waals surface area contributed by atoms with Crippen molar-refractivity contribution in [2.24, 2.45) is 0 Å². The maximum Gasteiger partial charge on any atom is 0.360 e. The van der Waals surface area contributed by atoms with Gasteiger partial charge in [-0.05, 0) is 19.4 Å². The van der Waals surface area contributed by atoms with Gasteiger partial charge in [0, 0.05) is 6.07 Å². The van der Waals surface area contributed by atoms with Gasteiger partial charge in [0.25, 0.3) is 5.69 Å². The first kappa shape index (κ1) is 19.6. The molecule has 0 unspecified atom stereocenters. The van der Waals surface area contributed by atoms with Gasteiger partial charge in [0.15, 0.2) is 5.69 Å². The van der Waals surface area contributed by atoms with Crippen molar-refractivity contribution in [3.8, 4) is 0 Å². The van der Waals surface area contributed by atoms with Crippen LogP contribution in [0.2, 0.25) is 0 Å². The van der Waals surface area contributed by atoms with Crippen LogP contribution in [0.5, 0.6) is 0 Å². The summed E-state index contributed by atoms with van der Waals surface area (Å²) in [6.45, 7) is 7.87. The van der Waals surface area contributed by atoms with Gasteiger partial charge in [-0.3, -0.25) is 10.1 Å². The Morgan fingerprint density at radius 3 is 2.58 bits per heavy atom. The summed E-state index contributed by atoms with van der Waals surface area (Å²) < 4.78 is 4.97. The van der Waals surface area contributed by atoms with Crippen LogP contribution in [0, 0.1) is 10.1 Å². The number of nitro groups is 1. The summed E-state index contributed by atoms with van der Waals surface area (Å²) in [4.78, 5) is 26.8. The van der Waals surface area contributed by atoms with Crippen molar-refractivity contribution in [3.05, 3.63) is 45.1 Å². The Kier molecular flexibility index (Phi) is 7.84. The summed E-state index contributed by atoms with van der Waals surface area (Å²) in [7, 11) is 0. The lowest BCUT2D eigenvalue weighted by molar-refractivity contribution is -0.383. The van der Waals surface area contributed by atoms with Crippen LogP contribution >= 0.6 is 11.3 Å². The lowest BCUT2D eigenvalue weighted by atomic mass is 10.2. The third kappa shape index (κ3) is 4.76. The third-order valence-corrected chi connectivity index (χ3v) is 3.91. The van der Waals surface area contributed by atoms with E-state index < -0.39 is 10.9 Å². The zero-order valence-corrected chi connectivity index (χ0v) is 15.0. The predicted octanol–water partition coefficient (Wildman–Crippen LogP) is 4.56. The molecule has 1 aromatic carbocycles. The number of carbonyl (C=O) groups excluding carboxylic acids is 1. The van der Waals surface area contributed by atoms with Crippen molar-refractivity contribution >= 4 is 33.7 Å². The zero-order valence-electron chi connectivity index (χ0n) is 14.2. The van der Waals surface area contributed by atoms with E-state index in [1.54, 1.807) is 25.1 Å². The highest BCUT2D eigenvalue weighted by Crippen LogP contribution is 2.33. The molecule has 0 bridgehead atoms. The van der Waals surface area contributed by atoms with E-state index in [1.165, 1.54) is 17.4 Å². The fourth-order valence-corrected chi connectivity index (χ4v) is 2.70. The van der Waals surface area contributed by atoms with Gasteiger partial charge in [-0.25, -0.2) is 9.78 Å². The molecule has 0 atom stereocenters. The minimum Gasteiger partial charge on any atom is -0.461 e. The Morgan fingerprint density at radius 1 is 1.33 bits per heavy atom. The number of ether oxygens (including phenoxy) is 1. The quantitative estimate of drug-likeness (QED) is 0.466. The van der Waals surface area contributed by atoms with Crippen LogP contribution in [0.3, 0.4) is 0 Å². The van der Waals surface area contributed by atoms with Gasteiger partial charge in [-0.2, -0.15) is 0 Å². The number of nitro benzene ring substituents is 1. The summed E-state index contributed by atoms with van der Waals surface area (Å²) in [5.74, 6) is -0.542. The average Bonchev–Trinajstić information content (AvgIpc) is 3.00. The molecule has 130 valence electrons. The number of thiazole rings is 1. The maximum absolute atomic E-state index is 12.0. The maximum atomic E-state index is 12.0. The van der Waals surface area contributed by atoms with Crippen LogP contribution in [0.1, 0.15) is 43.2 Å². The second-order valence-electron chi connectivity index (χ2n) is 4.26. The molecule has 0 saturated carbocycles. The molecule has 0 saturated heterocycles. The minimum absolute atomic E-state index is 0.0660. The first-order valence-corrected chi connectivity index (χ1v) is 8.55. The summed E-state index contributed by atoms with van der Waals surface area (Å²) in [5.41, 5.74) is 0.398. The topological polar surface area (TPSA) is 94.4 Å². The molecule has 1 heterocycles. The summed E-state index contributed by atoms with van der Waals surface area (Å²) in [6, 6.07) is 6.24. The molecule has 0 aliphatic carbocycles. The van der Waals surface area contributed by atoms with E-state index in [-0.39, 0.29) is 18.0 Å². The smallest absolute Gasteiger partial charge is 0.360 e. The normalized spacial score (nSPS) is 9.67. The van der Waals surface area contributed by atoms with Crippen LogP contribution in [0.15, 0.2) is 24.3 Å². The first-order valence-electron chi connectivity index (χ1n) is 7.74. The van der Waals surface area contributed by atoms with Crippen LogP contribution in [0.25, 0.3) is 0 Å². The van der Waals surface area contributed by atoms with E-state index in [0.29, 0.717) is 17.1 Å². The second-order valence-corrected chi connectivity index (χ2v) is 5.34. The predicted molar refractivity (Wildman–Crippen MR) is 95.2 cm³/mol. The van der Waals surface area contributed by atoms with Gasteiger partial charge in [0.1, 0.15) is 10.7 Å². The molecule has 0 spiro atoms. The fraction of sp³-hybridized carbons (Fsp3) is 0.375.